The average Bonchev–Trinajstić information content (AvgIpc) is 2.69. The second-order valence-electron chi connectivity index (χ2n) is 12.0. The summed E-state index contributed by atoms with van der Waals surface area (Å²) < 4.78 is 0. The molecule has 4 nitrogen and oxygen atoms in total. The lowest BCUT2D eigenvalue weighted by Crippen LogP contribution is -2.53. The Balaban J connectivity index is 0.000000171. The van der Waals surface area contributed by atoms with Gasteiger partial charge in [0.25, 0.3) is 0 Å². The zero-order valence-electron chi connectivity index (χ0n) is 19.9. The molecule has 4 fully saturated rings. The molecule has 0 saturated heterocycles. The van der Waals surface area contributed by atoms with Crippen LogP contribution in [0.5, 0.6) is 0 Å². The van der Waals surface area contributed by atoms with Crippen LogP contribution >= 0.6 is 0 Å². The van der Waals surface area contributed by atoms with Gasteiger partial charge in [0.1, 0.15) is 0 Å². The molecule has 0 bridgehead atoms. The standard InChI is InChI=1S/2C13H26N2/c2*14-12(7-3-1-4-8-12)11-13(15)9-5-2-6-10-13/h2*1-11,14-15H2. The highest BCUT2D eigenvalue weighted by Crippen LogP contribution is 2.39. The Hall–Kier alpha value is -0.160. The van der Waals surface area contributed by atoms with E-state index in [2.05, 4.69) is 0 Å². The second-order valence-corrected chi connectivity index (χ2v) is 12.0. The van der Waals surface area contributed by atoms with Crippen molar-refractivity contribution in [3.8, 4) is 0 Å². The van der Waals surface area contributed by atoms with Gasteiger partial charge < -0.3 is 22.9 Å². The van der Waals surface area contributed by atoms with Crippen LogP contribution in [0.25, 0.3) is 0 Å². The average molecular weight is 421 g/mol. The fourth-order valence-electron chi connectivity index (χ4n) is 7.13. The highest BCUT2D eigenvalue weighted by Gasteiger charge is 2.38. The normalized spacial score (nSPS) is 30.0. The molecule has 0 spiro atoms. The molecule has 4 heteroatoms. The smallest absolute Gasteiger partial charge is 0.0171 e. The van der Waals surface area contributed by atoms with E-state index in [1.54, 1.807) is 0 Å². The monoisotopic (exact) mass is 420 g/mol. The molecular formula is C26H52N4. The fraction of sp³-hybridized carbons (Fsp3) is 1.00. The first-order valence-corrected chi connectivity index (χ1v) is 13.4. The van der Waals surface area contributed by atoms with Crippen molar-refractivity contribution in [2.24, 2.45) is 22.9 Å². The third-order valence-electron chi connectivity index (χ3n) is 8.81. The highest BCUT2D eigenvalue weighted by molar-refractivity contribution is 5.00. The molecule has 0 heterocycles. The van der Waals surface area contributed by atoms with Gasteiger partial charge in [-0.3, -0.25) is 0 Å². The maximum Gasteiger partial charge on any atom is 0.0171 e. The third-order valence-corrected chi connectivity index (χ3v) is 8.81. The van der Waals surface area contributed by atoms with Gasteiger partial charge in [0, 0.05) is 22.2 Å². The summed E-state index contributed by atoms with van der Waals surface area (Å²) in [4.78, 5) is 0. The molecule has 4 saturated carbocycles. The number of nitrogens with two attached hydrogens (primary N) is 4. The van der Waals surface area contributed by atoms with Crippen LogP contribution in [0.1, 0.15) is 141 Å². The molecule has 0 aliphatic heterocycles. The Labute approximate surface area is 186 Å². The van der Waals surface area contributed by atoms with Crippen molar-refractivity contribution in [3.05, 3.63) is 0 Å². The van der Waals surface area contributed by atoms with Crippen molar-refractivity contribution in [1.29, 1.82) is 0 Å². The van der Waals surface area contributed by atoms with Crippen molar-refractivity contribution in [1.82, 2.24) is 0 Å². The molecule has 0 atom stereocenters. The van der Waals surface area contributed by atoms with E-state index < -0.39 is 0 Å². The number of rotatable bonds is 4. The van der Waals surface area contributed by atoms with E-state index in [1.165, 1.54) is 128 Å². The summed E-state index contributed by atoms with van der Waals surface area (Å²) in [6, 6.07) is 0. The molecule has 0 radical (unpaired) electrons. The molecule has 0 aromatic rings. The van der Waals surface area contributed by atoms with E-state index >= 15 is 0 Å². The van der Waals surface area contributed by atoms with E-state index in [0.717, 1.165) is 12.8 Å². The first-order valence-electron chi connectivity index (χ1n) is 13.4. The predicted molar refractivity (Wildman–Crippen MR) is 129 cm³/mol. The number of hydrogen-bond acceptors (Lipinski definition) is 4. The summed E-state index contributed by atoms with van der Waals surface area (Å²) in [6.07, 6.45) is 27.7. The zero-order valence-corrected chi connectivity index (χ0v) is 19.9. The van der Waals surface area contributed by atoms with Crippen LogP contribution in [0.4, 0.5) is 0 Å². The van der Waals surface area contributed by atoms with Gasteiger partial charge in [-0.25, -0.2) is 0 Å². The zero-order chi connectivity index (χ0) is 21.6. The van der Waals surface area contributed by atoms with Crippen LogP contribution in [0.3, 0.4) is 0 Å². The van der Waals surface area contributed by atoms with Crippen LogP contribution in [-0.4, -0.2) is 22.2 Å². The van der Waals surface area contributed by atoms with Gasteiger partial charge in [-0.05, 0) is 64.2 Å². The van der Waals surface area contributed by atoms with Crippen LogP contribution in [-0.2, 0) is 0 Å². The molecule has 176 valence electrons. The van der Waals surface area contributed by atoms with Gasteiger partial charge in [-0.2, -0.15) is 0 Å². The van der Waals surface area contributed by atoms with Crippen molar-refractivity contribution in [2.75, 3.05) is 0 Å². The lowest BCUT2D eigenvalue weighted by atomic mass is 9.69. The Morgan fingerprint density at radius 3 is 0.633 bits per heavy atom. The van der Waals surface area contributed by atoms with Crippen molar-refractivity contribution in [3.63, 3.8) is 0 Å². The molecule has 0 aromatic carbocycles. The topological polar surface area (TPSA) is 104 Å². The van der Waals surface area contributed by atoms with Gasteiger partial charge in [0.2, 0.25) is 0 Å². The van der Waals surface area contributed by atoms with Crippen molar-refractivity contribution in [2.45, 2.75) is 163 Å². The van der Waals surface area contributed by atoms with Gasteiger partial charge in [0.15, 0.2) is 0 Å². The van der Waals surface area contributed by atoms with E-state index in [9.17, 15) is 0 Å². The minimum atomic E-state index is 0.0738. The SMILES string of the molecule is NC1(CC2(N)CCCCC2)CCCCC1.NC1(CC2(N)CCCCC2)CCCCC1. The van der Waals surface area contributed by atoms with Crippen molar-refractivity contribution < 1.29 is 0 Å². The summed E-state index contributed by atoms with van der Waals surface area (Å²) in [7, 11) is 0. The maximum atomic E-state index is 6.50. The molecule has 0 amide bonds. The Kier molecular flexibility index (Phi) is 8.68. The van der Waals surface area contributed by atoms with E-state index in [1.807, 2.05) is 0 Å². The van der Waals surface area contributed by atoms with Gasteiger partial charge in [-0.15, -0.1) is 0 Å². The molecule has 8 N–H and O–H groups in total. The van der Waals surface area contributed by atoms with Crippen LogP contribution in [0, 0.1) is 0 Å². The lowest BCUT2D eigenvalue weighted by molar-refractivity contribution is 0.178. The summed E-state index contributed by atoms with van der Waals surface area (Å²) in [5.41, 5.74) is 26.3. The van der Waals surface area contributed by atoms with Gasteiger partial charge in [-0.1, -0.05) is 77.0 Å². The van der Waals surface area contributed by atoms with Crippen LogP contribution in [0.2, 0.25) is 0 Å². The quantitative estimate of drug-likeness (QED) is 0.489. The first-order chi connectivity index (χ1) is 14.2. The Morgan fingerprint density at radius 1 is 0.300 bits per heavy atom. The molecule has 0 aromatic heterocycles. The van der Waals surface area contributed by atoms with E-state index in [0.29, 0.717) is 0 Å². The molecule has 4 aliphatic rings. The summed E-state index contributed by atoms with van der Waals surface area (Å²) in [5, 5.41) is 0. The molecule has 4 rings (SSSR count). The molecule has 30 heavy (non-hydrogen) atoms. The molecule has 4 aliphatic carbocycles. The summed E-state index contributed by atoms with van der Waals surface area (Å²) in [6.45, 7) is 0. The van der Waals surface area contributed by atoms with Crippen LogP contribution in [0.15, 0.2) is 0 Å². The van der Waals surface area contributed by atoms with Gasteiger partial charge >= 0.3 is 0 Å². The largest absolute Gasteiger partial charge is 0.325 e. The van der Waals surface area contributed by atoms with Crippen molar-refractivity contribution >= 4 is 0 Å². The fourth-order valence-corrected chi connectivity index (χ4v) is 7.13. The minimum Gasteiger partial charge on any atom is -0.325 e. The number of hydrogen-bond donors (Lipinski definition) is 4. The maximum absolute atomic E-state index is 6.50. The Morgan fingerprint density at radius 2 is 0.467 bits per heavy atom. The molecular weight excluding hydrogens is 368 g/mol. The first kappa shape index (κ1) is 24.5. The van der Waals surface area contributed by atoms with Gasteiger partial charge in [0.05, 0.1) is 0 Å². The third kappa shape index (κ3) is 7.46. The minimum absolute atomic E-state index is 0.0738. The predicted octanol–water partition coefficient (Wildman–Crippen LogP) is 5.40. The molecule has 0 unspecified atom stereocenters. The summed E-state index contributed by atoms with van der Waals surface area (Å²) in [5.74, 6) is 0. The lowest BCUT2D eigenvalue weighted by Gasteiger charge is -2.43. The highest BCUT2D eigenvalue weighted by atomic mass is 14.8. The van der Waals surface area contributed by atoms with Crippen LogP contribution < -0.4 is 22.9 Å². The summed E-state index contributed by atoms with van der Waals surface area (Å²) >= 11 is 0. The van der Waals surface area contributed by atoms with E-state index in [-0.39, 0.29) is 22.2 Å². The Bertz CT molecular complexity index is 403. The second kappa shape index (κ2) is 10.6. The van der Waals surface area contributed by atoms with E-state index in [4.69, 9.17) is 22.9 Å².